The molecule has 1 unspecified atom stereocenters. The van der Waals surface area contributed by atoms with Crippen LogP contribution in [0.5, 0.6) is 0 Å². The molecule has 1 nitrogen and oxygen atoms in total. The highest BCUT2D eigenvalue weighted by molar-refractivity contribution is 5.32. The van der Waals surface area contributed by atoms with Crippen molar-refractivity contribution in [2.24, 2.45) is 0 Å². The van der Waals surface area contributed by atoms with Gasteiger partial charge in [-0.1, -0.05) is 49.8 Å². The molecule has 0 radical (unpaired) electrons. The van der Waals surface area contributed by atoms with Crippen molar-refractivity contribution in [3.63, 3.8) is 0 Å². The number of likely N-dealkylation sites (N-methyl/N-ethyl adjacent to an activating group) is 1. The van der Waals surface area contributed by atoms with E-state index in [1.54, 1.807) is 5.57 Å². The summed E-state index contributed by atoms with van der Waals surface area (Å²) in [6.45, 7) is 4.49. The number of hydrogen-bond acceptors (Lipinski definition) is 1. The molecule has 1 aromatic rings. The summed E-state index contributed by atoms with van der Waals surface area (Å²) in [5, 5.41) is 3.47. The van der Waals surface area contributed by atoms with Gasteiger partial charge in [-0.15, -0.1) is 0 Å². The zero-order valence-electron chi connectivity index (χ0n) is 11.9. The summed E-state index contributed by atoms with van der Waals surface area (Å²) in [4.78, 5) is 0. The maximum Gasteiger partial charge on any atom is 0.0533 e. The number of benzene rings is 1. The molecule has 1 heteroatoms. The third-order valence-corrected chi connectivity index (χ3v) is 3.92. The van der Waals surface area contributed by atoms with Gasteiger partial charge >= 0.3 is 0 Å². The highest BCUT2D eigenvalue weighted by Crippen LogP contribution is 2.30. The number of hydrogen-bond donors (Lipinski definition) is 1. The van der Waals surface area contributed by atoms with Gasteiger partial charge in [0.15, 0.2) is 0 Å². The zero-order valence-corrected chi connectivity index (χ0v) is 11.9. The summed E-state index contributed by atoms with van der Waals surface area (Å²) in [5.74, 6) is 0.612. The average molecular weight is 243 g/mol. The maximum absolute atomic E-state index is 3.47. The van der Waals surface area contributed by atoms with Crippen LogP contribution in [0.25, 0.3) is 0 Å². The van der Waals surface area contributed by atoms with Crippen molar-refractivity contribution < 1.29 is 0 Å². The first kappa shape index (κ1) is 13.4. The lowest BCUT2D eigenvalue weighted by atomic mass is 9.89. The van der Waals surface area contributed by atoms with E-state index in [9.17, 15) is 0 Å². The van der Waals surface area contributed by atoms with Gasteiger partial charge in [-0.25, -0.2) is 0 Å². The van der Waals surface area contributed by atoms with Crippen molar-refractivity contribution in [1.29, 1.82) is 0 Å². The van der Waals surface area contributed by atoms with E-state index in [-0.39, 0.29) is 0 Å². The highest BCUT2D eigenvalue weighted by atomic mass is 14.9. The summed E-state index contributed by atoms with van der Waals surface area (Å²) in [7, 11) is 2.07. The number of allylic oxidation sites excluding steroid dienone is 1. The van der Waals surface area contributed by atoms with Gasteiger partial charge in [0, 0.05) is 0 Å². The molecule has 0 amide bonds. The normalized spacial score (nSPS) is 17.7. The van der Waals surface area contributed by atoms with Gasteiger partial charge in [0.2, 0.25) is 0 Å². The van der Waals surface area contributed by atoms with E-state index in [2.05, 4.69) is 56.6 Å². The predicted molar refractivity (Wildman–Crippen MR) is 78.9 cm³/mol. The van der Waals surface area contributed by atoms with Crippen LogP contribution >= 0.6 is 0 Å². The van der Waals surface area contributed by atoms with E-state index in [0.29, 0.717) is 12.0 Å². The Morgan fingerprint density at radius 2 is 1.67 bits per heavy atom. The molecule has 0 aliphatic heterocycles. The van der Waals surface area contributed by atoms with Gasteiger partial charge in [-0.2, -0.15) is 0 Å². The quantitative estimate of drug-likeness (QED) is 0.764. The number of rotatable bonds is 4. The van der Waals surface area contributed by atoms with Crippen molar-refractivity contribution >= 4 is 0 Å². The monoisotopic (exact) mass is 243 g/mol. The lowest BCUT2D eigenvalue weighted by Crippen LogP contribution is -2.19. The Labute approximate surface area is 111 Å². The summed E-state index contributed by atoms with van der Waals surface area (Å²) >= 11 is 0. The van der Waals surface area contributed by atoms with Gasteiger partial charge in [0.1, 0.15) is 0 Å². The number of nitrogens with one attached hydrogen (secondary N) is 1. The van der Waals surface area contributed by atoms with E-state index in [4.69, 9.17) is 0 Å². The molecule has 1 atom stereocenters. The van der Waals surface area contributed by atoms with Crippen LogP contribution < -0.4 is 5.32 Å². The van der Waals surface area contributed by atoms with Crippen LogP contribution in [0.4, 0.5) is 0 Å². The van der Waals surface area contributed by atoms with Crippen LogP contribution in [-0.4, -0.2) is 7.05 Å². The topological polar surface area (TPSA) is 12.0 Å². The Hall–Kier alpha value is -1.08. The van der Waals surface area contributed by atoms with Crippen LogP contribution in [0.3, 0.4) is 0 Å². The second-order valence-corrected chi connectivity index (χ2v) is 5.57. The molecule has 0 aromatic heterocycles. The molecule has 1 aliphatic rings. The standard InChI is InChI=1S/C17H25N/c1-13(2)14-9-11-16(12-10-14)17(18-3)15-7-5-4-6-8-15/h7,9-13,17-18H,4-6,8H2,1-3H3. The first-order chi connectivity index (χ1) is 8.72. The minimum atomic E-state index is 0.409. The lowest BCUT2D eigenvalue weighted by Gasteiger charge is -2.23. The largest absolute Gasteiger partial charge is 0.310 e. The predicted octanol–water partition coefficient (Wildman–Crippen LogP) is 4.57. The molecule has 0 saturated carbocycles. The fourth-order valence-electron chi connectivity index (χ4n) is 2.76. The van der Waals surface area contributed by atoms with Crippen LogP contribution in [0.15, 0.2) is 35.9 Å². The molecule has 0 spiro atoms. The summed E-state index contributed by atoms with van der Waals surface area (Å²) in [5.41, 5.74) is 4.39. The molecule has 1 N–H and O–H groups in total. The summed E-state index contributed by atoms with van der Waals surface area (Å²) in [6.07, 6.45) is 7.62. The van der Waals surface area contributed by atoms with Gasteiger partial charge in [-0.3, -0.25) is 0 Å². The molecule has 18 heavy (non-hydrogen) atoms. The van der Waals surface area contributed by atoms with Gasteiger partial charge < -0.3 is 5.32 Å². The molecule has 0 fully saturated rings. The van der Waals surface area contributed by atoms with E-state index >= 15 is 0 Å². The van der Waals surface area contributed by atoms with Crippen molar-refractivity contribution in [1.82, 2.24) is 5.32 Å². The van der Waals surface area contributed by atoms with Gasteiger partial charge in [0.25, 0.3) is 0 Å². The van der Waals surface area contributed by atoms with Crippen LogP contribution in [0, 0.1) is 0 Å². The van der Waals surface area contributed by atoms with Crippen molar-refractivity contribution in [3.05, 3.63) is 47.0 Å². The van der Waals surface area contributed by atoms with E-state index in [0.717, 1.165) is 0 Å². The molecule has 1 aromatic carbocycles. The molecule has 1 aliphatic carbocycles. The minimum absolute atomic E-state index is 0.409. The fourth-order valence-corrected chi connectivity index (χ4v) is 2.76. The van der Waals surface area contributed by atoms with E-state index in [1.807, 2.05) is 0 Å². The maximum atomic E-state index is 3.47. The molecular weight excluding hydrogens is 218 g/mol. The van der Waals surface area contributed by atoms with E-state index in [1.165, 1.54) is 36.8 Å². The molecule has 98 valence electrons. The van der Waals surface area contributed by atoms with E-state index < -0.39 is 0 Å². The van der Waals surface area contributed by atoms with Crippen LogP contribution in [0.2, 0.25) is 0 Å². The average Bonchev–Trinajstić information content (AvgIpc) is 2.41. The van der Waals surface area contributed by atoms with Gasteiger partial charge in [0.05, 0.1) is 6.04 Å². The molecule has 0 saturated heterocycles. The fraction of sp³-hybridized carbons (Fsp3) is 0.529. The van der Waals surface area contributed by atoms with Crippen LogP contribution in [-0.2, 0) is 0 Å². The lowest BCUT2D eigenvalue weighted by molar-refractivity contribution is 0.593. The second kappa shape index (κ2) is 6.19. The van der Waals surface area contributed by atoms with Gasteiger partial charge in [-0.05, 0) is 49.8 Å². The van der Waals surface area contributed by atoms with Crippen molar-refractivity contribution in [2.75, 3.05) is 7.05 Å². The Morgan fingerprint density at radius 1 is 1.00 bits per heavy atom. The minimum Gasteiger partial charge on any atom is -0.310 e. The van der Waals surface area contributed by atoms with Crippen LogP contribution in [0.1, 0.15) is 62.6 Å². The van der Waals surface area contributed by atoms with Crippen molar-refractivity contribution in [3.8, 4) is 0 Å². The Morgan fingerprint density at radius 3 is 2.17 bits per heavy atom. The Balaban J connectivity index is 2.19. The Bertz CT molecular complexity index is 400. The molecular formula is C17H25N. The summed E-state index contributed by atoms with van der Waals surface area (Å²) in [6, 6.07) is 9.52. The van der Waals surface area contributed by atoms with Crippen molar-refractivity contribution in [2.45, 2.75) is 51.5 Å². The molecule has 2 rings (SSSR count). The third kappa shape index (κ3) is 3.02. The molecule has 0 bridgehead atoms. The first-order valence-corrected chi connectivity index (χ1v) is 7.18. The second-order valence-electron chi connectivity index (χ2n) is 5.57. The first-order valence-electron chi connectivity index (χ1n) is 7.18. The highest BCUT2D eigenvalue weighted by Gasteiger charge is 2.16. The Kier molecular flexibility index (Phi) is 4.60. The smallest absolute Gasteiger partial charge is 0.0533 e. The molecule has 0 heterocycles. The summed E-state index contributed by atoms with van der Waals surface area (Å²) < 4.78 is 0. The third-order valence-electron chi connectivity index (χ3n) is 3.92. The zero-order chi connectivity index (χ0) is 13.0. The SMILES string of the molecule is CNC(C1=CCCCC1)c1ccc(C(C)C)cc1.